The average Bonchev–Trinajstić information content (AvgIpc) is 3.13. The zero-order valence-corrected chi connectivity index (χ0v) is 11.2. The fourth-order valence-corrected chi connectivity index (χ4v) is 1.65. The molecule has 0 bridgehead atoms. The first-order valence-corrected chi connectivity index (χ1v) is 6.53. The highest BCUT2D eigenvalue weighted by Crippen LogP contribution is 2.21. The molecule has 1 aromatic heterocycles. The lowest BCUT2D eigenvalue weighted by Gasteiger charge is -2.12. The van der Waals surface area contributed by atoms with E-state index in [2.05, 4.69) is 20.6 Å². The summed E-state index contributed by atoms with van der Waals surface area (Å²) in [6, 6.07) is 0.337. The van der Waals surface area contributed by atoms with Gasteiger partial charge >= 0.3 is 0 Å². The predicted molar refractivity (Wildman–Crippen MR) is 70.8 cm³/mol. The Morgan fingerprint density at radius 3 is 2.78 bits per heavy atom. The van der Waals surface area contributed by atoms with Gasteiger partial charge in [0.05, 0.1) is 11.9 Å². The third kappa shape index (κ3) is 2.97. The first-order valence-electron chi connectivity index (χ1n) is 6.53. The van der Waals surface area contributed by atoms with E-state index in [9.17, 15) is 4.79 Å². The summed E-state index contributed by atoms with van der Waals surface area (Å²) < 4.78 is 0. The summed E-state index contributed by atoms with van der Waals surface area (Å²) in [7, 11) is 0. The second-order valence-electron chi connectivity index (χ2n) is 4.92. The van der Waals surface area contributed by atoms with Crippen LogP contribution in [0.15, 0.2) is 6.20 Å². The Bertz CT molecular complexity index is 441. The summed E-state index contributed by atoms with van der Waals surface area (Å²) in [5.74, 6) is 0.823. The molecule has 5 nitrogen and oxygen atoms in total. The fourth-order valence-electron chi connectivity index (χ4n) is 1.65. The Labute approximate surface area is 107 Å². The minimum absolute atomic E-state index is 0.0993. The van der Waals surface area contributed by atoms with Crippen molar-refractivity contribution in [2.45, 2.75) is 45.6 Å². The Hall–Kier alpha value is -1.65. The van der Waals surface area contributed by atoms with Gasteiger partial charge in [0.15, 0.2) is 5.69 Å². The molecule has 98 valence electrons. The smallest absolute Gasteiger partial charge is 0.272 e. The number of aromatic nitrogens is 2. The van der Waals surface area contributed by atoms with Crippen molar-refractivity contribution in [3.8, 4) is 0 Å². The molecule has 1 fully saturated rings. The summed E-state index contributed by atoms with van der Waals surface area (Å²) in [6.07, 6.45) is 3.85. The molecule has 1 amide bonds. The van der Waals surface area contributed by atoms with Gasteiger partial charge in [-0.1, -0.05) is 13.8 Å². The molecular formula is C13H20N4O. The van der Waals surface area contributed by atoms with Crippen LogP contribution >= 0.6 is 0 Å². The topological polar surface area (TPSA) is 66.9 Å². The maximum atomic E-state index is 12.1. The van der Waals surface area contributed by atoms with Gasteiger partial charge in [0.1, 0.15) is 5.82 Å². The second-order valence-corrected chi connectivity index (χ2v) is 4.92. The van der Waals surface area contributed by atoms with Crippen molar-refractivity contribution in [3.05, 3.63) is 17.7 Å². The van der Waals surface area contributed by atoms with Crippen molar-refractivity contribution < 1.29 is 4.79 Å². The highest BCUT2D eigenvalue weighted by Gasteiger charge is 2.26. The molecule has 1 aromatic rings. The maximum absolute atomic E-state index is 12.1. The normalized spacial score (nSPS) is 14.7. The van der Waals surface area contributed by atoms with Gasteiger partial charge in [0.25, 0.3) is 5.91 Å². The SMILES string of the molecule is CCNc1cnc(C(C)C)nc1C(=O)NC1CC1. The number of nitrogens with one attached hydrogen (secondary N) is 2. The minimum atomic E-state index is -0.0993. The monoisotopic (exact) mass is 248 g/mol. The third-order valence-corrected chi connectivity index (χ3v) is 2.82. The van der Waals surface area contributed by atoms with E-state index in [1.165, 1.54) is 0 Å². The lowest BCUT2D eigenvalue weighted by Crippen LogP contribution is -2.28. The fraction of sp³-hybridized carbons (Fsp3) is 0.615. The molecule has 0 aromatic carbocycles. The van der Waals surface area contributed by atoms with Crippen LogP contribution in [0.4, 0.5) is 5.69 Å². The molecule has 0 atom stereocenters. The van der Waals surface area contributed by atoms with Crippen LogP contribution in [-0.4, -0.2) is 28.5 Å². The van der Waals surface area contributed by atoms with E-state index in [1.54, 1.807) is 6.20 Å². The van der Waals surface area contributed by atoms with Crippen LogP contribution < -0.4 is 10.6 Å². The van der Waals surface area contributed by atoms with Crippen molar-refractivity contribution in [2.24, 2.45) is 0 Å². The van der Waals surface area contributed by atoms with Crippen LogP contribution in [0.3, 0.4) is 0 Å². The molecule has 1 saturated carbocycles. The summed E-state index contributed by atoms with van der Waals surface area (Å²) in [4.78, 5) is 20.8. The third-order valence-electron chi connectivity index (χ3n) is 2.82. The van der Waals surface area contributed by atoms with Gasteiger partial charge in [0, 0.05) is 18.5 Å². The number of nitrogens with zero attached hydrogens (tertiary/aromatic N) is 2. The maximum Gasteiger partial charge on any atom is 0.272 e. The molecule has 2 rings (SSSR count). The first-order chi connectivity index (χ1) is 8.61. The van der Waals surface area contributed by atoms with Gasteiger partial charge in [-0.2, -0.15) is 0 Å². The van der Waals surface area contributed by atoms with E-state index >= 15 is 0 Å². The Balaban J connectivity index is 2.26. The minimum Gasteiger partial charge on any atom is -0.382 e. The van der Waals surface area contributed by atoms with Gasteiger partial charge in [-0.3, -0.25) is 4.79 Å². The average molecular weight is 248 g/mol. The predicted octanol–water partition coefficient (Wildman–Crippen LogP) is 1.92. The first kappa shape index (κ1) is 12.8. The van der Waals surface area contributed by atoms with E-state index in [4.69, 9.17) is 0 Å². The molecule has 0 aliphatic heterocycles. The van der Waals surface area contributed by atoms with E-state index < -0.39 is 0 Å². The molecule has 0 unspecified atom stereocenters. The molecule has 1 heterocycles. The molecular weight excluding hydrogens is 228 g/mol. The molecule has 1 aliphatic carbocycles. The van der Waals surface area contributed by atoms with Crippen molar-refractivity contribution in [1.29, 1.82) is 0 Å². The lowest BCUT2D eigenvalue weighted by atomic mass is 10.2. The van der Waals surface area contributed by atoms with Gasteiger partial charge < -0.3 is 10.6 Å². The summed E-state index contributed by atoms with van der Waals surface area (Å²) in [6.45, 7) is 6.77. The van der Waals surface area contributed by atoms with E-state index in [1.807, 2.05) is 20.8 Å². The zero-order chi connectivity index (χ0) is 13.1. The van der Waals surface area contributed by atoms with Gasteiger partial charge in [0.2, 0.25) is 0 Å². The Kier molecular flexibility index (Phi) is 3.79. The van der Waals surface area contributed by atoms with Gasteiger partial charge in [-0.05, 0) is 19.8 Å². The number of amides is 1. The van der Waals surface area contributed by atoms with Crippen LogP contribution in [0, 0.1) is 0 Å². The van der Waals surface area contributed by atoms with Crippen molar-refractivity contribution in [3.63, 3.8) is 0 Å². The summed E-state index contributed by atoms with van der Waals surface area (Å²) in [5.41, 5.74) is 1.17. The Morgan fingerprint density at radius 1 is 1.50 bits per heavy atom. The van der Waals surface area contributed by atoms with Crippen LogP contribution in [0.5, 0.6) is 0 Å². The molecule has 18 heavy (non-hydrogen) atoms. The lowest BCUT2D eigenvalue weighted by molar-refractivity contribution is 0.0946. The highest BCUT2D eigenvalue weighted by molar-refractivity contribution is 5.97. The standard InChI is InChI=1S/C13H20N4O/c1-4-14-10-7-15-12(8(2)3)17-11(10)13(18)16-9-5-6-9/h7-9,14H,4-6H2,1-3H3,(H,16,18). The quantitative estimate of drug-likeness (QED) is 0.835. The zero-order valence-electron chi connectivity index (χ0n) is 11.2. The van der Waals surface area contributed by atoms with Crippen LogP contribution in [0.1, 0.15) is 55.8 Å². The number of anilines is 1. The molecule has 0 spiro atoms. The van der Waals surface area contributed by atoms with Gasteiger partial charge in [-0.15, -0.1) is 0 Å². The highest BCUT2D eigenvalue weighted by atomic mass is 16.2. The number of hydrogen-bond acceptors (Lipinski definition) is 4. The summed E-state index contributed by atoms with van der Waals surface area (Å²) in [5, 5.41) is 6.10. The number of carbonyl (C=O) groups excluding carboxylic acids is 1. The number of hydrogen-bond donors (Lipinski definition) is 2. The largest absolute Gasteiger partial charge is 0.382 e. The summed E-state index contributed by atoms with van der Waals surface area (Å²) >= 11 is 0. The van der Waals surface area contributed by atoms with E-state index in [0.29, 0.717) is 23.2 Å². The number of rotatable bonds is 5. The molecule has 1 aliphatic rings. The van der Waals surface area contributed by atoms with Gasteiger partial charge in [-0.25, -0.2) is 9.97 Å². The molecule has 2 N–H and O–H groups in total. The number of carbonyl (C=O) groups is 1. The van der Waals surface area contributed by atoms with Crippen molar-refractivity contribution >= 4 is 11.6 Å². The van der Waals surface area contributed by atoms with Crippen LogP contribution in [-0.2, 0) is 0 Å². The van der Waals surface area contributed by atoms with E-state index in [-0.39, 0.29) is 11.8 Å². The van der Waals surface area contributed by atoms with Crippen molar-refractivity contribution in [1.82, 2.24) is 15.3 Å². The van der Waals surface area contributed by atoms with Crippen molar-refractivity contribution in [2.75, 3.05) is 11.9 Å². The van der Waals surface area contributed by atoms with E-state index in [0.717, 1.165) is 19.4 Å². The second kappa shape index (κ2) is 5.33. The van der Waals surface area contributed by atoms with Crippen LogP contribution in [0.25, 0.3) is 0 Å². The molecule has 5 heteroatoms. The Morgan fingerprint density at radius 2 is 2.22 bits per heavy atom. The molecule has 0 saturated heterocycles. The molecule has 0 radical (unpaired) electrons. The van der Waals surface area contributed by atoms with Crippen LogP contribution in [0.2, 0.25) is 0 Å².